The van der Waals surface area contributed by atoms with Crippen molar-refractivity contribution >= 4 is 22.9 Å². The molecule has 3 rings (SSSR count). The Morgan fingerprint density at radius 2 is 1.90 bits per heavy atom. The Hall–Kier alpha value is -3.15. The number of nitrogens with zero attached hydrogens (tertiary/aromatic N) is 2. The fraction of sp³-hybridized carbons (Fsp3) is 0. The van der Waals surface area contributed by atoms with Crippen molar-refractivity contribution in [2.75, 3.05) is 0 Å². The lowest BCUT2D eigenvalue weighted by Crippen LogP contribution is -2.17. The van der Waals surface area contributed by atoms with Gasteiger partial charge in [0.1, 0.15) is 0 Å². The first-order valence-electron chi connectivity index (χ1n) is 6.19. The van der Waals surface area contributed by atoms with Crippen LogP contribution in [0.2, 0.25) is 0 Å². The zero-order valence-corrected chi connectivity index (χ0v) is 10.9. The van der Waals surface area contributed by atoms with E-state index in [1.165, 1.54) is 18.6 Å². The van der Waals surface area contributed by atoms with Gasteiger partial charge in [-0.3, -0.25) is 9.78 Å². The molecule has 0 saturated carbocycles. The number of carbonyl (C=O) groups excluding carboxylic acids is 1. The predicted molar refractivity (Wildman–Crippen MR) is 77.2 cm³/mol. The van der Waals surface area contributed by atoms with Crippen molar-refractivity contribution in [3.05, 3.63) is 60.1 Å². The highest BCUT2D eigenvalue weighted by Crippen LogP contribution is 2.29. The van der Waals surface area contributed by atoms with Crippen molar-refractivity contribution in [2.45, 2.75) is 0 Å². The van der Waals surface area contributed by atoms with Gasteiger partial charge in [0.05, 0.1) is 11.6 Å². The minimum absolute atomic E-state index is 0.174. The van der Waals surface area contributed by atoms with Gasteiger partial charge in [0.2, 0.25) is 0 Å². The largest absolute Gasteiger partial charge is 0.480 e. The van der Waals surface area contributed by atoms with Gasteiger partial charge >= 0.3 is 0 Å². The van der Waals surface area contributed by atoms with Gasteiger partial charge in [-0.2, -0.15) is 5.10 Å². The Labute approximate surface area is 119 Å². The van der Waals surface area contributed by atoms with Gasteiger partial charge < -0.3 is 9.52 Å². The van der Waals surface area contributed by atoms with Gasteiger partial charge in [-0.15, -0.1) is 0 Å². The molecular formula is C15H11N3O3. The summed E-state index contributed by atoms with van der Waals surface area (Å²) in [7, 11) is 0. The number of hydrazone groups is 1. The Bertz CT molecular complexity index is 809. The van der Waals surface area contributed by atoms with E-state index < -0.39 is 0 Å². The summed E-state index contributed by atoms with van der Waals surface area (Å²) >= 11 is 0. The molecule has 2 N–H and O–H groups in total. The van der Waals surface area contributed by atoms with Crippen molar-refractivity contribution in [3.63, 3.8) is 0 Å². The average Bonchev–Trinajstić information content (AvgIpc) is 2.85. The van der Waals surface area contributed by atoms with Crippen LogP contribution >= 0.6 is 0 Å². The molecule has 0 fully saturated rings. The Kier molecular flexibility index (Phi) is 3.34. The molecule has 1 amide bonds. The van der Waals surface area contributed by atoms with Crippen LogP contribution in [0.15, 0.2) is 58.3 Å². The molecule has 1 aromatic carbocycles. The smallest absolute Gasteiger partial charge is 0.290 e. The third-order valence-electron chi connectivity index (χ3n) is 2.92. The van der Waals surface area contributed by atoms with E-state index in [-0.39, 0.29) is 11.9 Å². The van der Waals surface area contributed by atoms with Gasteiger partial charge in [-0.25, -0.2) is 5.43 Å². The molecule has 6 heteroatoms. The number of aromatic hydroxyl groups is 1. The van der Waals surface area contributed by atoms with Crippen LogP contribution < -0.4 is 5.43 Å². The number of carbonyl (C=O) groups is 1. The van der Waals surface area contributed by atoms with Crippen LogP contribution in [0.1, 0.15) is 16.1 Å². The first-order chi connectivity index (χ1) is 10.3. The normalized spacial score (nSPS) is 11.0. The molecule has 0 unspecified atom stereocenters. The first kappa shape index (κ1) is 12.9. The molecule has 0 aliphatic carbocycles. The monoisotopic (exact) mass is 281 g/mol. The van der Waals surface area contributed by atoms with Crippen LogP contribution in [-0.4, -0.2) is 22.2 Å². The number of nitrogens with one attached hydrogen (secondary N) is 1. The van der Waals surface area contributed by atoms with E-state index >= 15 is 0 Å². The van der Waals surface area contributed by atoms with E-state index in [2.05, 4.69) is 15.5 Å². The lowest BCUT2D eigenvalue weighted by Gasteiger charge is -1.97. The highest BCUT2D eigenvalue weighted by molar-refractivity contribution is 6.00. The van der Waals surface area contributed by atoms with Crippen LogP contribution in [0.25, 0.3) is 10.8 Å². The van der Waals surface area contributed by atoms with Crippen LogP contribution in [0.3, 0.4) is 0 Å². The Balaban J connectivity index is 1.78. The summed E-state index contributed by atoms with van der Waals surface area (Å²) in [4.78, 5) is 15.6. The fourth-order valence-corrected chi connectivity index (χ4v) is 1.91. The quantitative estimate of drug-likeness (QED) is 0.569. The highest BCUT2D eigenvalue weighted by Gasteiger charge is 2.10. The fourth-order valence-electron chi connectivity index (χ4n) is 1.91. The van der Waals surface area contributed by atoms with E-state index in [1.54, 1.807) is 30.3 Å². The van der Waals surface area contributed by atoms with E-state index in [1.807, 2.05) is 6.07 Å². The number of furan rings is 1. The minimum atomic E-state index is -0.353. The number of pyridine rings is 1. The second-order valence-electron chi connectivity index (χ2n) is 4.25. The maximum absolute atomic E-state index is 11.8. The molecule has 0 aliphatic rings. The molecule has 0 saturated heterocycles. The summed E-state index contributed by atoms with van der Waals surface area (Å²) in [5.41, 5.74) is 2.84. The molecule has 0 atom stereocenters. The first-order valence-corrected chi connectivity index (χ1v) is 6.19. The highest BCUT2D eigenvalue weighted by atomic mass is 16.5. The van der Waals surface area contributed by atoms with Crippen molar-refractivity contribution < 1.29 is 14.3 Å². The molecule has 0 spiro atoms. The molecule has 0 radical (unpaired) electrons. The number of amides is 1. The van der Waals surface area contributed by atoms with Crippen LogP contribution in [0.4, 0.5) is 0 Å². The summed E-state index contributed by atoms with van der Waals surface area (Å²) in [6, 6.07) is 10.3. The Morgan fingerprint density at radius 1 is 1.19 bits per heavy atom. The summed E-state index contributed by atoms with van der Waals surface area (Å²) in [5.74, 6) is -0.153. The van der Waals surface area contributed by atoms with Gasteiger partial charge in [0, 0.05) is 23.3 Å². The number of rotatable bonds is 3. The van der Waals surface area contributed by atoms with Crippen molar-refractivity contribution in [2.24, 2.45) is 5.10 Å². The van der Waals surface area contributed by atoms with Crippen LogP contribution in [0, 0.1) is 0 Å². The number of hydrogen-bond donors (Lipinski definition) is 2. The van der Waals surface area contributed by atoms with E-state index in [0.29, 0.717) is 16.7 Å². The topological polar surface area (TPSA) is 87.7 Å². The van der Waals surface area contributed by atoms with E-state index in [0.717, 1.165) is 5.39 Å². The maximum Gasteiger partial charge on any atom is 0.290 e. The maximum atomic E-state index is 11.8. The third kappa shape index (κ3) is 2.59. The zero-order chi connectivity index (χ0) is 14.7. The lowest BCUT2D eigenvalue weighted by molar-refractivity contribution is 0.0955. The van der Waals surface area contributed by atoms with Gasteiger partial charge in [-0.1, -0.05) is 18.2 Å². The molecule has 104 valence electrons. The lowest BCUT2D eigenvalue weighted by atomic mass is 10.2. The molecule has 6 nitrogen and oxygen atoms in total. The zero-order valence-electron chi connectivity index (χ0n) is 10.9. The average molecular weight is 281 g/mol. The summed E-state index contributed by atoms with van der Waals surface area (Å²) in [6.45, 7) is 0. The number of hydrogen-bond acceptors (Lipinski definition) is 5. The third-order valence-corrected chi connectivity index (χ3v) is 2.92. The molecule has 0 bridgehead atoms. The second kappa shape index (κ2) is 5.46. The second-order valence-corrected chi connectivity index (χ2v) is 4.25. The molecule has 2 heterocycles. The number of fused-ring (bicyclic) bond motifs is 1. The summed E-state index contributed by atoms with van der Waals surface area (Å²) in [6.07, 6.45) is 4.40. The van der Waals surface area contributed by atoms with E-state index in [4.69, 9.17) is 4.42 Å². The summed E-state index contributed by atoms with van der Waals surface area (Å²) < 4.78 is 5.20. The molecule has 21 heavy (non-hydrogen) atoms. The Morgan fingerprint density at radius 3 is 2.67 bits per heavy atom. The standard InChI is InChI=1S/C15H11N3O3/c19-14(10-5-7-16-8-6-10)18-17-9-13-11-3-1-2-4-12(11)15(20)21-13/h1-9,20H,(H,18,19)/b17-9-. The molecular weight excluding hydrogens is 270 g/mol. The number of benzene rings is 1. The number of aromatic nitrogens is 1. The van der Waals surface area contributed by atoms with Crippen LogP contribution in [0.5, 0.6) is 5.95 Å². The van der Waals surface area contributed by atoms with Crippen molar-refractivity contribution in [1.82, 2.24) is 10.4 Å². The van der Waals surface area contributed by atoms with Crippen LogP contribution in [-0.2, 0) is 0 Å². The minimum Gasteiger partial charge on any atom is -0.480 e. The SMILES string of the molecule is O=C(N/N=C\c1oc(O)c2ccccc12)c1ccncc1. The van der Waals surface area contributed by atoms with Gasteiger partial charge in [0.25, 0.3) is 11.9 Å². The predicted octanol–water partition coefficient (Wildman–Crippen LogP) is 2.30. The summed E-state index contributed by atoms with van der Waals surface area (Å²) in [5, 5.41) is 14.8. The van der Waals surface area contributed by atoms with E-state index in [9.17, 15) is 9.90 Å². The van der Waals surface area contributed by atoms with Gasteiger partial charge in [-0.05, 0) is 18.2 Å². The molecule has 3 aromatic rings. The van der Waals surface area contributed by atoms with Gasteiger partial charge in [0.15, 0.2) is 5.76 Å². The van der Waals surface area contributed by atoms with Crippen molar-refractivity contribution in [3.8, 4) is 5.95 Å². The van der Waals surface area contributed by atoms with Crippen molar-refractivity contribution in [1.29, 1.82) is 0 Å². The molecule has 2 aromatic heterocycles. The molecule has 0 aliphatic heterocycles.